The van der Waals surface area contributed by atoms with Crippen molar-refractivity contribution in [2.75, 3.05) is 48.8 Å². The number of piperazine rings is 1. The maximum Gasteiger partial charge on any atom is 0.314 e. The molecule has 1 saturated heterocycles. The van der Waals surface area contributed by atoms with Gasteiger partial charge in [-0.3, -0.25) is 9.59 Å². The van der Waals surface area contributed by atoms with Crippen molar-refractivity contribution < 1.29 is 18.4 Å². The number of carbonyl (C=O) groups excluding carboxylic acids is 2. The number of nitrogens with one attached hydrogen (secondary N) is 2. The summed E-state index contributed by atoms with van der Waals surface area (Å²) in [4.78, 5) is 28.4. The summed E-state index contributed by atoms with van der Waals surface area (Å²) in [6.07, 6.45) is 0. The Kier molecular flexibility index (Phi) is 5.66. The van der Waals surface area contributed by atoms with Gasteiger partial charge in [-0.2, -0.15) is 0 Å². The number of carbonyl (C=O) groups is 2. The van der Waals surface area contributed by atoms with Crippen molar-refractivity contribution in [3.05, 3.63) is 54.1 Å². The number of hydrogen-bond donors (Lipinski definition) is 2. The van der Waals surface area contributed by atoms with Crippen molar-refractivity contribution in [2.45, 2.75) is 0 Å². The highest BCUT2D eigenvalue weighted by molar-refractivity contribution is 6.43. The van der Waals surface area contributed by atoms with Gasteiger partial charge in [0.2, 0.25) is 0 Å². The van der Waals surface area contributed by atoms with Gasteiger partial charge in [-0.05, 0) is 43.4 Å². The predicted molar refractivity (Wildman–Crippen MR) is 99.8 cm³/mol. The van der Waals surface area contributed by atoms with E-state index in [0.29, 0.717) is 5.69 Å². The number of anilines is 3. The second-order valence-corrected chi connectivity index (χ2v) is 6.37. The minimum Gasteiger partial charge on any atom is -0.369 e. The molecule has 1 aliphatic rings. The number of amides is 2. The molecule has 0 aromatic heterocycles. The minimum absolute atomic E-state index is 0.388. The molecule has 0 spiro atoms. The summed E-state index contributed by atoms with van der Waals surface area (Å²) in [7, 11) is 2.08. The second-order valence-electron chi connectivity index (χ2n) is 6.37. The van der Waals surface area contributed by atoms with Crippen LogP contribution in [-0.2, 0) is 9.59 Å². The summed E-state index contributed by atoms with van der Waals surface area (Å²) in [5, 5.41) is 4.50. The van der Waals surface area contributed by atoms with Gasteiger partial charge in [0.05, 0.1) is 5.69 Å². The van der Waals surface area contributed by atoms with Crippen LogP contribution in [0.2, 0.25) is 0 Å². The van der Waals surface area contributed by atoms with Crippen LogP contribution in [0.4, 0.5) is 25.8 Å². The predicted octanol–water partition coefficient (Wildman–Crippen LogP) is 2.29. The van der Waals surface area contributed by atoms with Crippen LogP contribution in [0.3, 0.4) is 0 Å². The number of benzene rings is 2. The van der Waals surface area contributed by atoms with Crippen LogP contribution < -0.4 is 15.5 Å². The maximum atomic E-state index is 13.5. The van der Waals surface area contributed by atoms with E-state index < -0.39 is 23.4 Å². The highest BCUT2D eigenvalue weighted by Crippen LogP contribution is 2.20. The molecular weight excluding hydrogens is 354 g/mol. The molecule has 3 rings (SSSR count). The van der Waals surface area contributed by atoms with E-state index >= 15 is 0 Å². The smallest absolute Gasteiger partial charge is 0.314 e. The van der Waals surface area contributed by atoms with E-state index in [-0.39, 0.29) is 5.69 Å². The Bertz CT molecular complexity index is 834. The van der Waals surface area contributed by atoms with Crippen molar-refractivity contribution >= 4 is 28.9 Å². The van der Waals surface area contributed by atoms with Crippen molar-refractivity contribution in [2.24, 2.45) is 0 Å². The molecular formula is C19H20F2N4O2. The number of nitrogens with zero attached hydrogens (tertiary/aromatic N) is 2. The van der Waals surface area contributed by atoms with Gasteiger partial charge in [0.15, 0.2) is 0 Å². The first-order valence-electron chi connectivity index (χ1n) is 8.53. The first-order chi connectivity index (χ1) is 12.9. The quantitative estimate of drug-likeness (QED) is 0.810. The Morgan fingerprint density at radius 1 is 0.889 bits per heavy atom. The summed E-state index contributed by atoms with van der Waals surface area (Å²) >= 11 is 0. The van der Waals surface area contributed by atoms with Gasteiger partial charge in [0, 0.05) is 43.6 Å². The number of hydrogen-bond acceptors (Lipinski definition) is 4. The molecule has 27 heavy (non-hydrogen) atoms. The number of halogens is 2. The lowest BCUT2D eigenvalue weighted by Gasteiger charge is -2.34. The first-order valence-corrected chi connectivity index (χ1v) is 8.53. The third kappa shape index (κ3) is 4.79. The normalized spacial score (nSPS) is 14.7. The zero-order valence-electron chi connectivity index (χ0n) is 14.8. The molecule has 6 nitrogen and oxygen atoms in total. The van der Waals surface area contributed by atoms with Crippen molar-refractivity contribution in [3.63, 3.8) is 0 Å². The third-order valence-electron chi connectivity index (χ3n) is 4.38. The molecule has 0 atom stereocenters. The third-order valence-corrected chi connectivity index (χ3v) is 4.38. The van der Waals surface area contributed by atoms with E-state index in [4.69, 9.17) is 0 Å². The van der Waals surface area contributed by atoms with Gasteiger partial charge >= 0.3 is 11.8 Å². The lowest BCUT2D eigenvalue weighted by molar-refractivity contribution is -0.133. The van der Waals surface area contributed by atoms with Crippen LogP contribution >= 0.6 is 0 Å². The van der Waals surface area contributed by atoms with E-state index in [1.165, 1.54) is 0 Å². The number of rotatable bonds is 3. The van der Waals surface area contributed by atoms with Crippen molar-refractivity contribution in [1.29, 1.82) is 0 Å². The maximum absolute atomic E-state index is 13.5. The molecule has 0 aliphatic carbocycles. The molecule has 1 fully saturated rings. The Morgan fingerprint density at radius 3 is 2.19 bits per heavy atom. The zero-order valence-corrected chi connectivity index (χ0v) is 14.8. The Labute approximate surface area is 155 Å². The SMILES string of the molecule is CN1CCN(c2ccc(NC(=O)C(=O)Nc3cc(F)ccc3F)cc2)CC1. The molecule has 2 N–H and O–H groups in total. The topological polar surface area (TPSA) is 64.7 Å². The van der Waals surface area contributed by atoms with Crippen LogP contribution in [0.15, 0.2) is 42.5 Å². The average molecular weight is 374 g/mol. The fraction of sp³-hybridized carbons (Fsp3) is 0.263. The highest BCUT2D eigenvalue weighted by atomic mass is 19.1. The van der Waals surface area contributed by atoms with Gasteiger partial charge in [-0.25, -0.2) is 8.78 Å². The Morgan fingerprint density at radius 2 is 1.52 bits per heavy atom. The molecule has 2 aromatic carbocycles. The molecule has 0 saturated carbocycles. The van der Waals surface area contributed by atoms with Gasteiger partial charge in [0.25, 0.3) is 0 Å². The van der Waals surface area contributed by atoms with Gasteiger partial charge in [0.1, 0.15) is 11.6 Å². The van der Waals surface area contributed by atoms with Crippen LogP contribution in [-0.4, -0.2) is 49.9 Å². The van der Waals surface area contributed by atoms with Gasteiger partial charge in [-0.1, -0.05) is 0 Å². The van der Waals surface area contributed by atoms with E-state index in [1.54, 1.807) is 12.1 Å². The Hall–Kier alpha value is -3.00. The van der Waals surface area contributed by atoms with Crippen LogP contribution in [0.1, 0.15) is 0 Å². The molecule has 2 amide bonds. The Balaban J connectivity index is 1.58. The summed E-state index contributed by atoms with van der Waals surface area (Å²) in [6, 6.07) is 9.73. The lowest BCUT2D eigenvalue weighted by atomic mass is 10.2. The first kappa shape index (κ1) is 18.8. The average Bonchev–Trinajstić information content (AvgIpc) is 2.66. The molecule has 142 valence electrons. The molecule has 0 bridgehead atoms. The molecule has 1 heterocycles. The molecule has 8 heteroatoms. The van der Waals surface area contributed by atoms with Crippen LogP contribution in [0.5, 0.6) is 0 Å². The van der Waals surface area contributed by atoms with E-state index in [9.17, 15) is 18.4 Å². The standard InChI is InChI=1S/C19H20F2N4O2/c1-24-8-10-25(11-9-24)15-5-3-14(4-6-15)22-18(26)19(27)23-17-12-13(20)2-7-16(17)21/h2-7,12H,8-11H2,1H3,(H,22,26)(H,23,27). The van der Waals surface area contributed by atoms with Crippen molar-refractivity contribution in [3.8, 4) is 0 Å². The lowest BCUT2D eigenvalue weighted by Crippen LogP contribution is -2.44. The highest BCUT2D eigenvalue weighted by Gasteiger charge is 2.17. The molecule has 2 aromatic rings. The number of likely N-dealkylation sites (N-methyl/N-ethyl adjacent to an activating group) is 1. The van der Waals surface area contributed by atoms with Crippen LogP contribution in [0.25, 0.3) is 0 Å². The summed E-state index contributed by atoms with van der Waals surface area (Å²) in [6.45, 7) is 3.80. The van der Waals surface area contributed by atoms with Gasteiger partial charge < -0.3 is 20.4 Å². The summed E-state index contributed by atoms with van der Waals surface area (Å²) < 4.78 is 26.7. The fourth-order valence-electron chi connectivity index (χ4n) is 2.78. The van der Waals surface area contributed by atoms with Crippen LogP contribution in [0, 0.1) is 11.6 Å². The molecule has 1 aliphatic heterocycles. The molecule has 0 radical (unpaired) electrons. The minimum atomic E-state index is -1.08. The van der Waals surface area contributed by atoms with Gasteiger partial charge in [-0.15, -0.1) is 0 Å². The second kappa shape index (κ2) is 8.13. The van der Waals surface area contributed by atoms with E-state index in [2.05, 4.69) is 27.5 Å². The van der Waals surface area contributed by atoms with E-state index in [1.807, 2.05) is 12.1 Å². The largest absolute Gasteiger partial charge is 0.369 e. The summed E-state index contributed by atoms with van der Waals surface area (Å²) in [5.41, 5.74) is 1.08. The monoisotopic (exact) mass is 374 g/mol. The summed E-state index contributed by atoms with van der Waals surface area (Å²) in [5.74, 6) is -3.59. The molecule has 0 unspecified atom stereocenters. The fourth-order valence-corrected chi connectivity index (χ4v) is 2.78. The van der Waals surface area contributed by atoms with E-state index in [0.717, 1.165) is 50.1 Å². The zero-order chi connectivity index (χ0) is 19.4. The van der Waals surface area contributed by atoms with Crippen molar-refractivity contribution in [1.82, 2.24) is 4.90 Å².